The molecular formula is C16H23N2OSi. The highest BCUT2D eigenvalue weighted by molar-refractivity contribution is 6.76. The van der Waals surface area contributed by atoms with Gasteiger partial charge in [-0.05, 0) is 30.5 Å². The second kappa shape index (κ2) is 5.33. The zero-order valence-corrected chi connectivity index (χ0v) is 13.6. The Morgan fingerprint density at radius 1 is 1.25 bits per heavy atom. The first kappa shape index (κ1) is 13.8. The summed E-state index contributed by atoms with van der Waals surface area (Å²) in [6.07, 6.45) is 4.38. The number of aromatic nitrogens is 2. The van der Waals surface area contributed by atoms with Crippen molar-refractivity contribution < 1.29 is 4.74 Å². The molecule has 0 saturated heterocycles. The topological polar surface area (TPSA) is 27.1 Å². The Labute approximate surface area is 122 Å². The van der Waals surface area contributed by atoms with Crippen LogP contribution in [0.2, 0.25) is 25.7 Å². The fraction of sp³-hybridized carbons (Fsp3) is 0.500. The molecule has 0 aliphatic heterocycles. The molecule has 0 amide bonds. The molecule has 0 spiro atoms. The van der Waals surface area contributed by atoms with Gasteiger partial charge >= 0.3 is 0 Å². The van der Waals surface area contributed by atoms with Gasteiger partial charge < -0.3 is 9.30 Å². The lowest BCUT2D eigenvalue weighted by atomic mass is 10.1. The van der Waals surface area contributed by atoms with Crippen molar-refractivity contribution in [1.29, 1.82) is 0 Å². The van der Waals surface area contributed by atoms with Crippen molar-refractivity contribution in [2.45, 2.75) is 45.3 Å². The van der Waals surface area contributed by atoms with Crippen LogP contribution in [0.15, 0.2) is 24.5 Å². The van der Waals surface area contributed by atoms with E-state index in [2.05, 4.69) is 47.4 Å². The monoisotopic (exact) mass is 287 g/mol. The van der Waals surface area contributed by atoms with Crippen molar-refractivity contribution in [3.05, 3.63) is 36.0 Å². The predicted octanol–water partition coefficient (Wildman–Crippen LogP) is 4.06. The average molecular weight is 287 g/mol. The Hall–Kier alpha value is -1.13. The molecule has 107 valence electrons. The smallest absolute Gasteiger partial charge is 0.124 e. The van der Waals surface area contributed by atoms with E-state index in [-0.39, 0.29) is 0 Å². The summed E-state index contributed by atoms with van der Waals surface area (Å²) in [4.78, 5) is 4.58. The number of imidazole rings is 1. The third kappa shape index (κ3) is 3.12. The van der Waals surface area contributed by atoms with Crippen LogP contribution in [0, 0.1) is 5.92 Å². The lowest BCUT2D eigenvalue weighted by Crippen LogP contribution is -2.21. The van der Waals surface area contributed by atoms with Crippen LogP contribution < -0.4 is 0 Å². The van der Waals surface area contributed by atoms with E-state index in [0.717, 1.165) is 12.1 Å². The van der Waals surface area contributed by atoms with Crippen LogP contribution >= 0.6 is 0 Å². The number of benzene rings is 1. The van der Waals surface area contributed by atoms with Crippen molar-refractivity contribution in [3.63, 3.8) is 0 Å². The van der Waals surface area contributed by atoms with Crippen molar-refractivity contribution in [1.82, 2.24) is 9.55 Å². The summed E-state index contributed by atoms with van der Waals surface area (Å²) in [5.41, 5.74) is 3.66. The number of para-hydroxylation sites is 1. The Bertz CT molecular complexity index is 596. The van der Waals surface area contributed by atoms with Crippen LogP contribution in [-0.4, -0.2) is 24.2 Å². The zero-order valence-electron chi connectivity index (χ0n) is 12.6. The van der Waals surface area contributed by atoms with Gasteiger partial charge in [0.25, 0.3) is 0 Å². The maximum atomic E-state index is 5.83. The highest BCUT2D eigenvalue weighted by Crippen LogP contribution is 2.41. The minimum absolute atomic E-state index is 0.611. The van der Waals surface area contributed by atoms with Gasteiger partial charge in [0.15, 0.2) is 0 Å². The normalized spacial score (nSPS) is 15.9. The van der Waals surface area contributed by atoms with Crippen LogP contribution in [0.1, 0.15) is 18.4 Å². The van der Waals surface area contributed by atoms with Gasteiger partial charge in [-0.3, -0.25) is 0 Å². The largest absolute Gasteiger partial charge is 0.361 e. The summed E-state index contributed by atoms with van der Waals surface area (Å²) in [5, 5.41) is 0. The molecule has 0 unspecified atom stereocenters. The predicted molar refractivity (Wildman–Crippen MR) is 85.4 cm³/mol. The number of hydrogen-bond acceptors (Lipinski definition) is 2. The van der Waals surface area contributed by atoms with Gasteiger partial charge in [0.1, 0.15) is 6.73 Å². The van der Waals surface area contributed by atoms with Crippen molar-refractivity contribution in [2.24, 2.45) is 0 Å². The van der Waals surface area contributed by atoms with E-state index in [4.69, 9.17) is 4.74 Å². The first-order valence-corrected chi connectivity index (χ1v) is 11.1. The third-order valence-electron chi connectivity index (χ3n) is 3.76. The lowest BCUT2D eigenvalue weighted by Gasteiger charge is -2.15. The molecule has 0 bridgehead atoms. The Balaban J connectivity index is 1.68. The lowest BCUT2D eigenvalue weighted by molar-refractivity contribution is 0.0898. The number of ether oxygens (including phenoxy) is 1. The molecule has 1 fully saturated rings. The maximum Gasteiger partial charge on any atom is 0.124 e. The number of fused-ring (bicyclic) bond motifs is 1. The van der Waals surface area contributed by atoms with Crippen molar-refractivity contribution in [3.8, 4) is 0 Å². The standard InChI is InChI=1S/C16H23N2OSi/c1-20(2,3)10-9-19-12-18-11-17-16-14(13-7-8-13)5-4-6-15(16)18/h4-6,11H,7-10,12H2,1-3H3. The molecule has 3 nitrogen and oxygen atoms in total. The molecule has 1 heterocycles. The Kier molecular flexibility index (Phi) is 3.69. The summed E-state index contributed by atoms with van der Waals surface area (Å²) < 4.78 is 7.95. The van der Waals surface area contributed by atoms with Crippen LogP contribution in [0.4, 0.5) is 0 Å². The van der Waals surface area contributed by atoms with Gasteiger partial charge in [-0.1, -0.05) is 31.8 Å². The van der Waals surface area contributed by atoms with Gasteiger partial charge in [0.05, 0.1) is 17.4 Å². The van der Waals surface area contributed by atoms with Gasteiger partial charge in [0.2, 0.25) is 0 Å². The highest BCUT2D eigenvalue weighted by atomic mass is 28.3. The number of hydrogen-bond donors (Lipinski definition) is 0. The second-order valence-corrected chi connectivity index (χ2v) is 12.5. The quantitative estimate of drug-likeness (QED) is 0.591. The molecule has 1 aromatic carbocycles. The van der Waals surface area contributed by atoms with Crippen molar-refractivity contribution >= 4 is 19.1 Å². The minimum Gasteiger partial charge on any atom is -0.361 e. The molecule has 0 atom stereocenters. The van der Waals surface area contributed by atoms with Crippen LogP contribution in [-0.2, 0) is 11.5 Å². The molecule has 1 aromatic heterocycles. The molecule has 3 rings (SSSR count). The van der Waals surface area contributed by atoms with Gasteiger partial charge in [-0.15, -0.1) is 0 Å². The van der Waals surface area contributed by atoms with E-state index in [1.807, 2.05) is 6.33 Å². The fourth-order valence-electron chi connectivity index (χ4n) is 2.35. The second-order valence-electron chi connectivity index (χ2n) is 6.84. The van der Waals surface area contributed by atoms with Crippen molar-refractivity contribution in [2.75, 3.05) is 6.61 Å². The summed E-state index contributed by atoms with van der Waals surface area (Å²) in [7, 11) is -1.00. The first-order valence-electron chi connectivity index (χ1n) is 7.41. The SMILES string of the molecule is C[Si](C)(C)CCOCn1cnc2c([C]3CC3)cccc21. The van der Waals surface area contributed by atoms with Crippen LogP contribution in [0.25, 0.3) is 11.0 Å². The van der Waals surface area contributed by atoms with Gasteiger partial charge in [0, 0.05) is 20.6 Å². The molecule has 2 aromatic rings. The van der Waals surface area contributed by atoms with E-state index in [1.54, 1.807) is 5.92 Å². The Morgan fingerprint density at radius 3 is 2.75 bits per heavy atom. The highest BCUT2D eigenvalue weighted by Gasteiger charge is 2.27. The zero-order chi connectivity index (χ0) is 14.2. The molecule has 1 saturated carbocycles. The van der Waals surface area contributed by atoms with Gasteiger partial charge in [-0.25, -0.2) is 4.98 Å². The van der Waals surface area contributed by atoms with Crippen LogP contribution in [0.5, 0.6) is 0 Å². The first-order chi connectivity index (χ1) is 9.54. The third-order valence-corrected chi connectivity index (χ3v) is 5.46. The average Bonchev–Trinajstić information content (AvgIpc) is 3.14. The molecule has 4 heteroatoms. The summed E-state index contributed by atoms with van der Waals surface area (Å²) in [6, 6.07) is 7.66. The summed E-state index contributed by atoms with van der Waals surface area (Å²) in [5.74, 6) is 1.54. The van der Waals surface area contributed by atoms with E-state index < -0.39 is 8.07 Å². The molecule has 20 heavy (non-hydrogen) atoms. The Morgan fingerprint density at radius 2 is 2.05 bits per heavy atom. The number of nitrogens with zero attached hydrogens (tertiary/aromatic N) is 2. The molecular weight excluding hydrogens is 264 g/mol. The molecule has 0 N–H and O–H groups in total. The summed E-state index contributed by atoms with van der Waals surface area (Å²) >= 11 is 0. The minimum atomic E-state index is -1.00. The van der Waals surface area contributed by atoms with E-state index in [1.165, 1.54) is 30.0 Å². The van der Waals surface area contributed by atoms with E-state index >= 15 is 0 Å². The molecule has 1 aliphatic carbocycles. The fourth-order valence-corrected chi connectivity index (χ4v) is 3.11. The summed E-state index contributed by atoms with van der Waals surface area (Å²) in [6.45, 7) is 8.60. The van der Waals surface area contributed by atoms with E-state index in [0.29, 0.717) is 6.73 Å². The number of rotatable bonds is 6. The van der Waals surface area contributed by atoms with Crippen LogP contribution in [0.3, 0.4) is 0 Å². The molecule has 1 radical (unpaired) electrons. The van der Waals surface area contributed by atoms with Gasteiger partial charge in [-0.2, -0.15) is 0 Å². The van der Waals surface area contributed by atoms with E-state index in [9.17, 15) is 0 Å². The molecule has 1 aliphatic rings. The maximum absolute atomic E-state index is 5.83.